The Morgan fingerprint density at radius 3 is 2.42 bits per heavy atom. The zero-order chi connectivity index (χ0) is 18.2. The van der Waals surface area contributed by atoms with Gasteiger partial charge < -0.3 is 20.9 Å². The lowest BCUT2D eigenvalue weighted by molar-refractivity contribution is -0.115. The molecule has 142 valence electrons. The van der Waals surface area contributed by atoms with Crippen LogP contribution in [0.2, 0.25) is 0 Å². The van der Waals surface area contributed by atoms with E-state index in [9.17, 15) is 9.59 Å². The highest BCUT2D eigenvalue weighted by Crippen LogP contribution is 2.28. The van der Waals surface area contributed by atoms with E-state index in [0.29, 0.717) is 0 Å². The summed E-state index contributed by atoms with van der Waals surface area (Å²) >= 11 is 0. The van der Waals surface area contributed by atoms with Crippen LogP contribution in [0.3, 0.4) is 0 Å². The van der Waals surface area contributed by atoms with Crippen molar-refractivity contribution in [3.63, 3.8) is 0 Å². The molecule has 2 fully saturated rings. The van der Waals surface area contributed by atoms with Crippen molar-refractivity contribution in [1.29, 1.82) is 0 Å². The Balaban J connectivity index is 1.48. The Labute approximate surface area is 155 Å². The van der Waals surface area contributed by atoms with Crippen LogP contribution in [0.5, 0.6) is 0 Å². The molecule has 0 aromatic heterocycles. The monoisotopic (exact) mass is 358 g/mol. The number of piperidine rings is 1. The molecular weight excluding hydrogens is 328 g/mol. The average Bonchev–Trinajstić information content (AvgIpc) is 2.68. The number of rotatable bonds is 5. The highest BCUT2D eigenvalue weighted by molar-refractivity contribution is 5.97. The van der Waals surface area contributed by atoms with E-state index in [2.05, 4.69) is 20.9 Å². The molecule has 3 N–H and O–H groups in total. The van der Waals surface area contributed by atoms with Crippen LogP contribution in [0.25, 0.3) is 0 Å². The second-order valence-electron chi connectivity index (χ2n) is 7.27. The SMILES string of the molecule is O=C(CNC(=O)NC1CCCCC1)Nc1ccccc1N1CCCCC1. The minimum atomic E-state index is -0.253. The molecule has 2 aliphatic rings. The number of hydrogen-bond donors (Lipinski definition) is 3. The number of amides is 3. The van der Waals surface area contributed by atoms with Gasteiger partial charge in [0.25, 0.3) is 0 Å². The molecular formula is C20H30N4O2. The van der Waals surface area contributed by atoms with Crippen molar-refractivity contribution in [2.75, 3.05) is 29.9 Å². The molecule has 1 aromatic rings. The van der Waals surface area contributed by atoms with Crippen molar-refractivity contribution in [2.24, 2.45) is 0 Å². The molecule has 1 aliphatic carbocycles. The molecule has 0 unspecified atom stereocenters. The molecule has 1 aliphatic heterocycles. The van der Waals surface area contributed by atoms with Crippen LogP contribution in [0.15, 0.2) is 24.3 Å². The van der Waals surface area contributed by atoms with E-state index in [1.165, 1.54) is 38.5 Å². The van der Waals surface area contributed by atoms with E-state index in [1.54, 1.807) is 0 Å². The fourth-order valence-corrected chi connectivity index (χ4v) is 3.83. The Morgan fingerprint density at radius 1 is 0.962 bits per heavy atom. The summed E-state index contributed by atoms with van der Waals surface area (Å²) in [7, 11) is 0. The third-order valence-corrected chi connectivity index (χ3v) is 5.22. The number of nitrogens with zero attached hydrogens (tertiary/aromatic N) is 1. The van der Waals surface area contributed by atoms with Gasteiger partial charge in [-0.15, -0.1) is 0 Å². The first-order valence-electron chi connectivity index (χ1n) is 9.90. The first-order chi connectivity index (χ1) is 12.7. The molecule has 3 rings (SSSR count). The van der Waals surface area contributed by atoms with E-state index in [0.717, 1.165) is 37.3 Å². The molecule has 6 nitrogen and oxygen atoms in total. The number of anilines is 2. The van der Waals surface area contributed by atoms with Gasteiger partial charge in [-0.2, -0.15) is 0 Å². The van der Waals surface area contributed by atoms with Gasteiger partial charge in [-0.3, -0.25) is 4.79 Å². The molecule has 1 aromatic carbocycles. The summed E-state index contributed by atoms with van der Waals surface area (Å²) in [6.45, 7) is 2.02. The molecule has 6 heteroatoms. The van der Waals surface area contributed by atoms with E-state index in [1.807, 2.05) is 24.3 Å². The summed E-state index contributed by atoms with van der Waals surface area (Å²) < 4.78 is 0. The molecule has 0 spiro atoms. The van der Waals surface area contributed by atoms with E-state index in [-0.39, 0.29) is 24.5 Å². The van der Waals surface area contributed by atoms with Gasteiger partial charge in [-0.25, -0.2) is 4.79 Å². The summed E-state index contributed by atoms with van der Waals surface area (Å²) in [5, 5.41) is 8.58. The molecule has 1 saturated carbocycles. The molecule has 0 radical (unpaired) electrons. The maximum absolute atomic E-state index is 12.3. The maximum atomic E-state index is 12.3. The second-order valence-corrected chi connectivity index (χ2v) is 7.27. The quantitative estimate of drug-likeness (QED) is 0.756. The summed E-state index contributed by atoms with van der Waals surface area (Å²) in [5.41, 5.74) is 1.88. The standard InChI is InChI=1S/C20H30N4O2/c25-19(15-21-20(26)22-16-9-3-1-4-10-16)23-17-11-5-6-12-18(17)24-13-7-2-8-14-24/h5-6,11-12,16H,1-4,7-10,13-15H2,(H,23,25)(H2,21,22,26). The van der Waals surface area contributed by atoms with Crippen molar-refractivity contribution in [2.45, 2.75) is 57.4 Å². The first kappa shape index (κ1) is 18.5. The molecule has 3 amide bonds. The summed E-state index contributed by atoms with van der Waals surface area (Å²) in [4.78, 5) is 26.6. The van der Waals surface area contributed by atoms with Gasteiger partial charge in [-0.1, -0.05) is 31.4 Å². The molecule has 0 atom stereocenters. The predicted molar refractivity (Wildman–Crippen MR) is 105 cm³/mol. The van der Waals surface area contributed by atoms with Crippen LogP contribution >= 0.6 is 0 Å². The highest BCUT2D eigenvalue weighted by atomic mass is 16.2. The van der Waals surface area contributed by atoms with Gasteiger partial charge >= 0.3 is 6.03 Å². The highest BCUT2D eigenvalue weighted by Gasteiger charge is 2.17. The Hall–Kier alpha value is -2.24. The lowest BCUT2D eigenvalue weighted by Crippen LogP contribution is -2.45. The average molecular weight is 358 g/mol. The fourth-order valence-electron chi connectivity index (χ4n) is 3.83. The normalized spacial score (nSPS) is 18.2. The van der Waals surface area contributed by atoms with E-state index < -0.39 is 0 Å². The molecule has 0 bridgehead atoms. The van der Waals surface area contributed by atoms with E-state index in [4.69, 9.17) is 0 Å². The van der Waals surface area contributed by atoms with Crippen molar-refractivity contribution in [1.82, 2.24) is 10.6 Å². The number of urea groups is 1. The second kappa shape index (κ2) is 9.46. The Kier molecular flexibility index (Phi) is 6.75. The number of para-hydroxylation sites is 2. The van der Waals surface area contributed by atoms with Crippen LogP contribution in [-0.4, -0.2) is 37.6 Å². The third-order valence-electron chi connectivity index (χ3n) is 5.22. The Bertz CT molecular complexity index is 608. The van der Waals surface area contributed by atoms with Gasteiger partial charge in [0.05, 0.1) is 17.9 Å². The van der Waals surface area contributed by atoms with Gasteiger partial charge in [0.2, 0.25) is 5.91 Å². The number of benzene rings is 1. The minimum absolute atomic E-state index is 0.0209. The molecule has 1 saturated heterocycles. The summed E-state index contributed by atoms with van der Waals surface area (Å²) in [6, 6.07) is 7.87. The molecule has 1 heterocycles. The van der Waals surface area contributed by atoms with E-state index >= 15 is 0 Å². The van der Waals surface area contributed by atoms with Crippen molar-refractivity contribution < 1.29 is 9.59 Å². The minimum Gasteiger partial charge on any atom is -0.370 e. The van der Waals surface area contributed by atoms with Gasteiger partial charge in [0.1, 0.15) is 0 Å². The first-order valence-corrected chi connectivity index (χ1v) is 9.90. The zero-order valence-electron chi connectivity index (χ0n) is 15.4. The van der Waals surface area contributed by atoms with Crippen molar-refractivity contribution >= 4 is 23.3 Å². The van der Waals surface area contributed by atoms with Crippen LogP contribution in [-0.2, 0) is 4.79 Å². The van der Waals surface area contributed by atoms with Crippen molar-refractivity contribution in [3.8, 4) is 0 Å². The topological polar surface area (TPSA) is 73.5 Å². The largest absolute Gasteiger partial charge is 0.370 e. The van der Waals surface area contributed by atoms with Crippen LogP contribution in [0.4, 0.5) is 16.2 Å². The van der Waals surface area contributed by atoms with Gasteiger partial charge in [-0.05, 0) is 44.2 Å². The number of nitrogens with one attached hydrogen (secondary N) is 3. The maximum Gasteiger partial charge on any atom is 0.315 e. The molecule has 26 heavy (non-hydrogen) atoms. The van der Waals surface area contributed by atoms with Crippen LogP contribution in [0, 0.1) is 0 Å². The predicted octanol–water partition coefficient (Wildman–Crippen LogP) is 3.25. The lowest BCUT2D eigenvalue weighted by atomic mass is 9.96. The van der Waals surface area contributed by atoms with Crippen LogP contribution < -0.4 is 20.9 Å². The van der Waals surface area contributed by atoms with Crippen molar-refractivity contribution in [3.05, 3.63) is 24.3 Å². The van der Waals surface area contributed by atoms with Gasteiger partial charge in [0.15, 0.2) is 0 Å². The third kappa shape index (κ3) is 5.38. The fraction of sp³-hybridized carbons (Fsp3) is 0.600. The smallest absolute Gasteiger partial charge is 0.315 e. The summed E-state index contributed by atoms with van der Waals surface area (Å²) in [6.07, 6.45) is 9.28. The zero-order valence-corrected chi connectivity index (χ0v) is 15.4. The Morgan fingerprint density at radius 2 is 1.65 bits per heavy atom. The number of carbonyl (C=O) groups is 2. The summed E-state index contributed by atoms with van der Waals surface area (Å²) in [5.74, 6) is -0.201. The van der Waals surface area contributed by atoms with Crippen LogP contribution in [0.1, 0.15) is 51.4 Å². The number of hydrogen-bond acceptors (Lipinski definition) is 3. The van der Waals surface area contributed by atoms with Gasteiger partial charge in [0, 0.05) is 19.1 Å². The number of carbonyl (C=O) groups excluding carboxylic acids is 2. The lowest BCUT2D eigenvalue weighted by Gasteiger charge is -2.30.